The first-order chi connectivity index (χ1) is 9.01. The summed E-state index contributed by atoms with van der Waals surface area (Å²) in [7, 11) is 1.43. The molecule has 1 amide bonds. The molecule has 0 spiro atoms. The van der Waals surface area contributed by atoms with Crippen LogP contribution in [0.4, 0.5) is 4.79 Å². The molecule has 19 heavy (non-hydrogen) atoms. The van der Waals surface area contributed by atoms with Crippen molar-refractivity contribution in [2.75, 3.05) is 20.1 Å². The average Bonchev–Trinajstić information content (AvgIpc) is 2.42. The number of carbonyl (C=O) groups is 1. The molecule has 0 aliphatic carbocycles. The lowest BCUT2D eigenvalue weighted by molar-refractivity contribution is -0.117. The first-order valence-corrected chi connectivity index (χ1v) is 6.47. The molecule has 5 nitrogen and oxygen atoms in total. The van der Waals surface area contributed by atoms with Crippen LogP contribution >= 0.6 is 0 Å². The third-order valence-electron chi connectivity index (χ3n) is 3.82. The summed E-state index contributed by atoms with van der Waals surface area (Å²) in [6.07, 6.45) is -0.190. The van der Waals surface area contributed by atoms with E-state index in [9.17, 15) is 9.90 Å². The van der Waals surface area contributed by atoms with Crippen molar-refractivity contribution in [1.82, 2.24) is 9.80 Å². The average molecular weight is 264 g/mol. The standard InChI is InChI=1S/C14H20N2O3/c1-15(13(17)18)14(19)7-9-16(10-8-14)11-12-5-3-2-4-6-12/h2-6,19H,7-11H2,1H3,(H,17,18). The predicted octanol–water partition coefficient (Wildman–Crippen LogP) is 1.58. The molecule has 0 bridgehead atoms. The van der Waals surface area contributed by atoms with Crippen molar-refractivity contribution in [1.29, 1.82) is 0 Å². The first kappa shape index (κ1) is 13.8. The van der Waals surface area contributed by atoms with E-state index in [0.29, 0.717) is 25.9 Å². The fourth-order valence-electron chi connectivity index (χ4n) is 2.42. The summed E-state index contributed by atoms with van der Waals surface area (Å²) in [6.45, 7) is 2.24. The summed E-state index contributed by atoms with van der Waals surface area (Å²) in [5.41, 5.74) is 0.0125. The van der Waals surface area contributed by atoms with Crippen molar-refractivity contribution < 1.29 is 15.0 Å². The third kappa shape index (κ3) is 3.24. The van der Waals surface area contributed by atoms with Gasteiger partial charge in [0.05, 0.1) is 0 Å². The summed E-state index contributed by atoms with van der Waals surface area (Å²) in [6, 6.07) is 10.1. The maximum atomic E-state index is 10.9. The normalized spacial score (nSPS) is 19.1. The minimum Gasteiger partial charge on any atom is -0.465 e. The minimum absolute atomic E-state index is 0.447. The highest BCUT2D eigenvalue weighted by Gasteiger charge is 2.38. The van der Waals surface area contributed by atoms with E-state index in [4.69, 9.17) is 5.11 Å². The fourth-order valence-corrected chi connectivity index (χ4v) is 2.42. The van der Waals surface area contributed by atoms with E-state index in [1.807, 2.05) is 18.2 Å². The lowest BCUT2D eigenvalue weighted by Gasteiger charge is -2.42. The van der Waals surface area contributed by atoms with Crippen molar-refractivity contribution in [2.45, 2.75) is 25.1 Å². The van der Waals surface area contributed by atoms with Gasteiger partial charge in [-0.25, -0.2) is 4.79 Å². The summed E-state index contributed by atoms with van der Waals surface area (Å²) in [4.78, 5) is 14.2. The van der Waals surface area contributed by atoms with Gasteiger partial charge >= 0.3 is 6.09 Å². The Bertz CT molecular complexity index is 428. The molecule has 1 aromatic rings. The zero-order valence-electron chi connectivity index (χ0n) is 11.1. The zero-order chi connectivity index (χ0) is 13.9. The lowest BCUT2D eigenvalue weighted by atomic mass is 9.98. The molecule has 2 rings (SSSR count). The molecule has 0 saturated carbocycles. The minimum atomic E-state index is -1.22. The molecule has 5 heteroatoms. The van der Waals surface area contributed by atoms with E-state index in [0.717, 1.165) is 11.4 Å². The van der Waals surface area contributed by atoms with Gasteiger partial charge in [-0.05, 0) is 5.56 Å². The summed E-state index contributed by atoms with van der Waals surface area (Å²) in [5, 5.41) is 19.3. The number of hydrogen-bond acceptors (Lipinski definition) is 3. The zero-order valence-corrected chi connectivity index (χ0v) is 11.1. The van der Waals surface area contributed by atoms with E-state index in [-0.39, 0.29) is 0 Å². The molecule has 104 valence electrons. The van der Waals surface area contributed by atoms with E-state index in [2.05, 4.69) is 17.0 Å². The molecule has 1 heterocycles. The molecule has 1 aliphatic rings. The van der Waals surface area contributed by atoms with Gasteiger partial charge in [0, 0.05) is 39.5 Å². The Hall–Kier alpha value is -1.59. The molecular weight excluding hydrogens is 244 g/mol. The van der Waals surface area contributed by atoms with Crippen LogP contribution in [-0.4, -0.2) is 52.0 Å². The molecule has 1 aliphatic heterocycles. The predicted molar refractivity (Wildman–Crippen MR) is 71.7 cm³/mol. The number of piperidine rings is 1. The van der Waals surface area contributed by atoms with Crippen LogP contribution in [0.5, 0.6) is 0 Å². The van der Waals surface area contributed by atoms with Crippen molar-refractivity contribution in [3.63, 3.8) is 0 Å². The van der Waals surface area contributed by atoms with E-state index in [1.54, 1.807) is 0 Å². The van der Waals surface area contributed by atoms with Crippen LogP contribution in [0.1, 0.15) is 18.4 Å². The van der Waals surface area contributed by atoms with E-state index in [1.165, 1.54) is 12.6 Å². The first-order valence-electron chi connectivity index (χ1n) is 6.47. The Morgan fingerprint density at radius 3 is 2.42 bits per heavy atom. The highest BCUT2D eigenvalue weighted by molar-refractivity contribution is 5.65. The molecule has 1 aromatic carbocycles. The van der Waals surface area contributed by atoms with E-state index < -0.39 is 11.8 Å². The van der Waals surface area contributed by atoms with Crippen LogP contribution in [0.25, 0.3) is 0 Å². The molecular formula is C14H20N2O3. The second-order valence-electron chi connectivity index (χ2n) is 5.09. The highest BCUT2D eigenvalue weighted by Crippen LogP contribution is 2.26. The Labute approximate surface area is 113 Å². The van der Waals surface area contributed by atoms with Crippen LogP contribution < -0.4 is 0 Å². The SMILES string of the molecule is CN(C(=O)O)C1(O)CCN(Cc2ccccc2)CC1. The monoisotopic (exact) mass is 264 g/mol. The maximum Gasteiger partial charge on any atom is 0.409 e. The topological polar surface area (TPSA) is 64.0 Å². The Morgan fingerprint density at radius 2 is 1.89 bits per heavy atom. The molecule has 0 radical (unpaired) electrons. The second-order valence-corrected chi connectivity index (χ2v) is 5.09. The van der Waals surface area contributed by atoms with Gasteiger partial charge in [0.15, 0.2) is 0 Å². The quantitative estimate of drug-likeness (QED) is 0.814. The Morgan fingerprint density at radius 1 is 1.32 bits per heavy atom. The van der Waals surface area contributed by atoms with Gasteiger partial charge in [0.1, 0.15) is 5.72 Å². The van der Waals surface area contributed by atoms with Crippen molar-refractivity contribution in [3.8, 4) is 0 Å². The number of carboxylic acid groups (broad SMARTS) is 1. The van der Waals surface area contributed by atoms with E-state index >= 15 is 0 Å². The summed E-state index contributed by atoms with van der Waals surface area (Å²) in [5.74, 6) is 0. The number of benzene rings is 1. The van der Waals surface area contributed by atoms with Gasteiger partial charge in [-0.3, -0.25) is 9.80 Å². The van der Waals surface area contributed by atoms with Gasteiger partial charge in [-0.15, -0.1) is 0 Å². The molecule has 1 saturated heterocycles. The van der Waals surface area contributed by atoms with Gasteiger partial charge in [0.2, 0.25) is 0 Å². The maximum absolute atomic E-state index is 10.9. The summed E-state index contributed by atoms with van der Waals surface area (Å²) < 4.78 is 0. The number of aliphatic hydroxyl groups is 1. The smallest absolute Gasteiger partial charge is 0.409 e. The van der Waals surface area contributed by atoms with Crippen molar-refractivity contribution in [2.24, 2.45) is 0 Å². The number of nitrogens with zero attached hydrogens (tertiary/aromatic N) is 2. The number of amides is 1. The van der Waals surface area contributed by atoms with Gasteiger partial charge in [-0.2, -0.15) is 0 Å². The van der Waals surface area contributed by atoms with Gasteiger partial charge in [0.25, 0.3) is 0 Å². The van der Waals surface area contributed by atoms with Crippen molar-refractivity contribution >= 4 is 6.09 Å². The molecule has 0 aromatic heterocycles. The lowest BCUT2D eigenvalue weighted by Crippen LogP contribution is -2.55. The van der Waals surface area contributed by atoms with Gasteiger partial charge < -0.3 is 10.2 Å². The Kier molecular flexibility index (Phi) is 4.07. The molecule has 0 atom stereocenters. The fraction of sp³-hybridized carbons (Fsp3) is 0.500. The van der Waals surface area contributed by atoms with Gasteiger partial charge in [-0.1, -0.05) is 30.3 Å². The van der Waals surface area contributed by atoms with Crippen LogP contribution in [0.3, 0.4) is 0 Å². The van der Waals surface area contributed by atoms with Crippen LogP contribution in [0.15, 0.2) is 30.3 Å². The van der Waals surface area contributed by atoms with Crippen molar-refractivity contribution in [3.05, 3.63) is 35.9 Å². The second kappa shape index (κ2) is 5.59. The molecule has 1 fully saturated rings. The molecule has 2 N–H and O–H groups in total. The number of likely N-dealkylation sites (tertiary alicyclic amines) is 1. The van der Waals surface area contributed by atoms with Crippen LogP contribution in [-0.2, 0) is 6.54 Å². The number of rotatable bonds is 3. The number of hydrogen-bond donors (Lipinski definition) is 2. The van der Waals surface area contributed by atoms with Crippen LogP contribution in [0.2, 0.25) is 0 Å². The highest BCUT2D eigenvalue weighted by atomic mass is 16.4. The van der Waals surface area contributed by atoms with Crippen LogP contribution in [0, 0.1) is 0 Å². The largest absolute Gasteiger partial charge is 0.465 e. The Balaban J connectivity index is 1.90. The molecule has 0 unspecified atom stereocenters. The summed E-state index contributed by atoms with van der Waals surface area (Å²) >= 11 is 0. The third-order valence-corrected chi connectivity index (χ3v) is 3.82.